The number of ether oxygens (including phenoxy) is 1. The Hall–Kier alpha value is -1.32. The van der Waals surface area contributed by atoms with Gasteiger partial charge >= 0.3 is 5.97 Å². The molecule has 3 fully saturated rings. The lowest BCUT2D eigenvalue weighted by Gasteiger charge is -2.39. The third-order valence-electron chi connectivity index (χ3n) is 7.05. The summed E-state index contributed by atoms with van der Waals surface area (Å²) in [6.45, 7) is 12.0. The second-order valence-corrected chi connectivity index (χ2v) is 11.8. The number of aliphatic hydroxyl groups excluding tert-OH is 1. The molecule has 3 aliphatic rings. The number of nitrogens with zero attached hydrogens (tertiary/aromatic N) is 2. The van der Waals surface area contributed by atoms with Crippen LogP contribution in [0.25, 0.3) is 0 Å². The highest BCUT2D eigenvalue weighted by Gasteiger charge is 2.76. The lowest BCUT2D eigenvalue weighted by molar-refractivity contribution is -0.154. The van der Waals surface area contributed by atoms with Crippen molar-refractivity contribution in [3.8, 4) is 0 Å². The summed E-state index contributed by atoms with van der Waals surface area (Å²) in [5, 5.41) is 9.59. The van der Waals surface area contributed by atoms with Gasteiger partial charge in [0.1, 0.15) is 6.04 Å². The molecule has 0 aromatic carbocycles. The maximum atomic E-state index is 14.0. The molecule has 7 atom stereocenters. The highest BCUT2D eigenvalue weighted by Crippen LogP contribution is 2.68. The summed E-state index contributed by atoms with van der Waals surface area (Å²) < 4.78 is 4.77. The van der Waals surface area contributed by atoms with Crippen LogP contribution in [-0.4, -0.2) is 85.9 Å². The largest absolute Gasteiger partial charge is 0.465 e. The van der Waals surface area contributed by atoms with Gasteiger partial charge in [0.25, 0.3) is 0 Å². The number of rotatable bonds is 12. The number of amides is 2. The molecule has 1 N–H and O–H groups in total. The van der Waals surface area contributed by atoms with E-state index in [4.69, 9.17) is 4.74 Å². The molecule has 7 nitrogen and oxygen atoms in total. The van der Waals surface area contributed by atoms with E-state index in [-0.39, 0.29) is 47.7 Å². The summed E-state index contributed by atoms with van der Waals surface area (Å²) in [7, 11) is 0. The predicted octanol–water partition coefficient (Wildman–Crippen LogP) is 2.77. The summed E-state index contributed by atoms with van der Waals surface area (Å²) in [6.07, 6.45) is 6.31. The number of hydrogen-bond donors (Lipinski definition) is 1. The molecule has 0 aliphatic carbocycles. The summed E-state index contributed by atoms with van der Waals surface area (Å²) in [5.74, 6) is -2.01. The minimum absolute atomic E-state index is 0.00574. The summed E-state index contributed by atoms with van der Waals surface area (Å²) in [6, 6.07) is -0.743. The summed E-state index contributed by atoms with van der Waals surface area (Å²) >= 11 is 5.31. The number of esters is 1. The van der Waals surface area contributed by atoms with Crippen molar-refractivity contribution in [1.82, 2.24) is 9.80 Å². The second kappa shape index (κ2) is 11.0. The van der Waals surface area contributed by atoms with Crippen molar-refractivity contribution in [3.63, 3.8) is 0 Å². The van der Waals surface area contributed by atoms with E-state index >= 15 is 0 Å². The van der Waals surface area contributed by atoms with E-state index in [1.807, 2.05) is 6.92 Å². The lowest BCUT2D eigenvalue weighted by atomic mass is 9.71. The van der Waals surface area contributed by atoms with Crippen LogP contribution >= 0.6 is 27.7 Å². The van der Waals surface area contributed by atoms with Crippen molar-refractivity contribution in [1.29, 1.82) is 0 Å². The van der Waals surface area contributed by atoms with Crippen molar-refractivity contribution in [2.75, 3.05) is 26.3 Å². The zero-order valence-electron chi connectivity index (χ0n) is 19.5. The van der Waals surface area contributed by atoms with Gasteiger partial charge in [-0.25, -0.2) is 0 Å². The van der Waals surface area contributed by atoms with Crippen LogP contribution in [0.3, 0.4) is 0 Å². The zero-order chi connectivity index (χ0) is 24.3. The van der Waals surface area contributed by atoms with Crippen molar-refractivity contribution in [2.45, 2.75) is 66.4 Å². The highest BCUT2D eigenvalue weighted by atomic mass is 79.9. The maximum absolute atomic E-state index is 14.0. The van der Waals surface area contributed by atoms with Crippen LogP contribution in [0, 0.1) is 11.8 Å². The number of aliphatic hydroxyl groups is 1. The number of alkyl halides is 1. The average molecular weight is 544 g/mol. The van der Waals surface area contributed by atoms with E-state index in [1.54, 1.807) is 28.8 Å². The van der Waals surface area contributed by atoms with E-state index in [9.17, 15) is 19.5 Å². The molecular formula is C24H35BrN2O5S. The molecule has 0 radical (unpaired) electrons. The Bertz CT molecular complexity index is 795. The molecule has 2 amide bonds. The smallest absolute Gasteiger partial charge is 0.310 e. The third-order valence-corrected chi connectivity index (χ3v) is 10.3. The van der Waals surface area contributed by atoms with Crippen LogP contribution < -0.4 is 0 Å². The number of fused-ring (bicyclic) bond motifs is 1. The molecule has 0 saturated carbocycles. The number of hydrogen-bond acceptors (Lipinski definition) is 6. The van der Waals surface area contributed by atoms with Crippen molar-refractivity contribution >= 4 is 45.5 Å². The second-order valence-electron chi connectivity index (χ2n) is 9.08. The average Bonchev–Trinajstić information content (AvgIpc) is 3.36. The molecule has 9 heteroatoms. The van der Waals surface area contributed by atoms with Crippen LogP contribution in [0.2, 0.25) is 0 Å². The zero-order valence-corrected chi connectivity index (χ0v) is 21.9. The maximum Gasteiger partial charge on any atom is 0.310 e. The first-order valence-electron chi connectivity index (χ1n) is 11.7. The van der Waals surface area contributed by atoms with Gasteiger partial charge in [0.05, 0.1) is 29.8 Å². The molecule has 184 valence electrons. The standard InChI is InChI=1S/C24H35BrN2O5S/c1-5-8-13-32-23(31)17-18-21(29)27(11-12-28)20(24(18)14-16(25)19(17)33-24)22(30)26(10-7-3)15(4)9-6-2/h5,7,15-20,28H,1,3,6,8-14H2,2,4H3/t15?,16?,17-,18+,19-,20?,24?/m1/s1. The van der Waals surface area contributed by atoms with Gasteiger partial charge in [0.2, 0.25) is 11.8 Å². The fourth-order valence-corrected chi connectivity index (χ4v) is 9.32. The van der Waals surface area contributed by atoms with Gasteiger partial charge in [-0.05, 0) is 26.2 Å². The Balaban J connectivity index is 2.00. The molecular weight excluding hydrogens is 508 g/mol. The van der Waals surface area contributed by atoms with Gasteiger partial charge < -0.3 is 19.6 Å². The first-order chi connectivity index (χ1) is 15.8. The Labute approximate surface area is 209 Å². The fraction of sp³-hybridized carbons (Fsp3) is 0.708. The van der Waals surface area contributed by atoms with E-state index in [2.05, 4.69) is 36.0 Å². The summed E-state index contributed by atoms with van der Waals surface area (Å²) in [4.78, 5) is 44.1. The Morgan fingerprint density at radius 3 is 2.76 bits per heavy atom. The Morgan fingerprint density at radius 2 is 2.15 bits per heavy atom. The van der Waals surface area contributed by atoms with Gasteiger partial charge in [-0.3, -0.25) is 14.4 Å². The van der Waals surface area contributed by atoms with E-state index in [0.29, 0.717) is 19.4 Å². The number of thioether (sulfide) groups is 1. The minimum Gasteiger partial charge on any atom is -0.465 e. The highest BCUT2D eigenvalue weighted by molar-refractivity contribution is 9.09. The topological polar surface area (TPSA) is 87.2 Å². The fourth-order valence-electron chi connectivity index (χ4n) is 5.72. The summed E-state index contributed by atoms with van der Waals surface area (Å²) in [5.41, 5.74) is 0. The van der Waals surface area contributed by atoms with E-state index < -0.39 is 28.6 Å². The van der Waals surface area contributed by atoms with Crippen molar-refractivity contribution < 1.29 is 24.2 Å². The predicted molar refractivity (Wildman–Crippen MR) is 133 cm³/mol. The SMILES string of the molecule is C=CCCOC(=O)[C@H]1[C@@H]2SC3(CC2Br)C(C(=O)N(CC=C)C(C)CCC)N(CCO)C(=O)[C@H]13. The minimum atomic E-state index is -0.734. The van der Waals surface area contributed by atoms with Gasteiger partial charge in [-0.2, -0.15) is 0 Å². The monoisotopic (exact) mass is 542 g/mol. The molecule has 3 rings (SSSR count). The third kappa shape index (κ3) is 4.52. The molecule has 4 unspecified atom stereocenters. The molecule has 3 saturated heterocycles. The lowest BCUT2D eigenvalue weighted by Crippen LogP contribution is -2.57. The van der Waals surface area contributed by atoms with E-state index in [1.165, 1.54) is 4.90 Å². The van der Waals surface area contributed by atoms with Gasteiger partial charge in [-0.15, -0.1) is 24.9 Å². The molecule has 2 bridgehead atoms. The number of carbonyl (C=O) groups excluding carboxylic acids is 3. The molecule has 33 heavy (non-hydrogen) atoms. The normalized spacial score (nSPS) is 33.0. The van der Waals surface area contributed by atoms with Crippen LogP contribution in [0.1, 0.15) is 39.5 Å². The van der Waals surface area contributed by atoms with Crippen molar-refractivity contribution in [3.05, 3.63) is 25.3 Å². The quantitative estimate of drug-likeness (QED) is 0.176. The number of β-amino-alcohol motifs (C(OH)–C–C–N with tert-alkyl or cyclic N) is 1. The molecule has 0 aromatic heterocycles. The molecule has 1 spiro atoms. The Morgan fingerprint density at radius 1 is 1.42 bits per heavy atom. The number of halogens is 1. The number of carbonyl (C=O) groups is 3. The van der Waals surface area contributed by atoms with Crippen LogP contribution in [0.15, 0.2) is 25.3 Å². The Kier molecular flexibility index (Phi) is 8.72. The molecule has 3 heterocycles. The first-order valence-corrected chi connectivity index (χ1v) is 13.5. The van der Waals surface area contributed by atoms with Crippen LogP contribution in [0.5, 0.6) is 0 Å². The first kappa shape index (κ1) is 26.3. The molecule has 3 aliphatic heterocycles. The van der Waals surface area contributed by atoms with Crippen molar-refractivity contribution in [2.24, 2.45) is 11.8 Å². The van der Waals surface area contributed by atoms with Gasteiger partial charge in [-0.1, -0.05) is 41.4 Å². The van der Waals surface area contributed by atoms with Gasteiger partial charge in [0, 0.05) is 29.2 Å². The van der Waals surface area contributed by atoms with Crippen LogP contribution in [-0.2, 0) is 19.1 Å². The number of likely N-dealkylation sites (tertiary alicyclic amines) is 1. The molecule has 0 aromatic rings. The van der Waals surface area contributed by atoms with Crippen LogP contribution in [0.4, 0.5) is 0 Å². The van der Waals surface area contributed by atoms with Gasteiger partial charge in [0.15, 0.2) is 0 Å². The van der Waals surface area contributed by atoms with E-state index in [0.717, 1.165) is 12.8 Å².